The molecule has 0 aromatic carbocycles. The highest BCUT2D eigenvalue weighted by molar-refractivity contribution is 5.66. The summed E-state index contributed by atoms with van der Waals surface area (Å²) in [4.78, 5) is 12.1. The van der Waals surface area contributed by atoms with Crippen LogP contribution in [0.2, 0.25) is 0 Å². The Balaban J connectivity index is 1.15. The molecule has 3 unspecified atom stereocenters. The number of ether oxygens (including phenoxy) is 6. The zero-order valence-electron chi connectivity index (χ0n) is 35.5. The van der Waals surface area contributed by atoms with Gasteiger partial charge in [-0.2, -0.15) is 0 Å². The predicted octanol–water partition coefficient (Wildman–Crippen LogP) is 1.29. The van der Waals surface area contributed by atoms with E-state index < -0.39 is 103 Å². The van der Waals surface area contributed by atoms with Crippen LogP contribution >= 0.6 is 0 Å². The summed E-state index contributed by atoms with van der Waals surface area (Å²) in [7, 11) is 0. The molecule has 8 rings (SSSR count). The smallest absolute Gasteiger partial charge is 0.303 e. The molecule has 0 aromatic heterocycles. The van der Waals surface area contributed by atoms with E-state index in [2.05, 4.69) is 34.6 Å². The molecule has 3 saturated heterocycles. The molecule has 0 aromatic rings. The van der Waals surface area contributed by atoms with Gasteiger partial charge in [-0.25, -0.2) is 0 Å². The Morgan fingerprint density at radius 3 is 2.14 bits per heavy atom. The third-order valence-electron chi connectivity index (χ3n) is 17.9. The second-order valence-corrected chi connectivity index (χ2v) is 21.6. The molecule has 58 heavy (non-hydrogen) atoms. The molecule has 5 aliphatic carbocycles. The molecule has 8 fully saturated rings. The van der Waals surface area contributed by atoms with E-state index in [9.17, 15) is 45.6 Å². The largest absolute Gasteiger partial charge is 0.454 e. The van der Waals surface area contributed by atoms with Gasteiger partial charge in [-0.15, -0.1) is 0 Å². The van der Waals surface area contributed by atoms with Crippen molar-refractivity contribution in [1.82, 2.24) is 0 Å². The molecule has 15 nitrogen and oxygen atoms in total. The first-order valence-electron chi connectivity index (χ1n) is 21.8. The van der Waals surface area contributed by atoms with Crippen LogP contribution < -0.4 is 0 Å². The number of carbonyl (C=O) groups excluding carboxylic acids is 1. The summed E-state index contributed by atoms with van der Waals surface area (Å²) in [5.74, 6) is -0.931. The molecule has 2 spiro atoms. The lowest BCUT2D eigenvalue weighted by molar-refractivity contribution is -0.339. The molecule has 5 saturated carbocycles. The minimum atomic E-state index is -1.62. The van der Waals surface area contributed by atoms with E-state index in [0.29, 0.717) is 25.7 Å². The fourth-order valence-corrected chi connectivity index (χ4v) is 15.2. The van der Waals surface area contributed by atoms with E-state index >= 15 is 0 Å². The molecular weight excluding hydrogens is 756 g/mol. The molecule has 8 N–H and O–H groups in total. The number of hydrogen-bond acceptors (Lipinski definition) is 15. The maximum atomic E-state index is 12.2. The molecule has 15 heteroatoms. The molecule has 8 aliphatic rings. The van der Waals surface area contributed by atoms with Gasteiger partial charge in [-0.1, -0.05) is 27.7 Å². The Hall–Kier alpha value is -1.05. The lowest BCUT2D eigenvalue weighted by Crippen LogP contribution is -2.65. The topological polar surface area (TPSA) is 234 Å². The fourth-order valence-electron chi connectivity index (χ4n) is 15.2. The predicted molar refractivity (Wildman–Crippen MR) is 203 cm³/mol. The number of carbonyl (C=O) groups is 1. The third kappa shape index (κ3) is 6.17. The lowest BCUT2D eigenvalue weighted by atomic mass is 9.41. The molecule has 0 bridgehead atoms. The van der Waals surface area contributed by atoms with E-state index in [0.717, 1.165) is 32.1 Å². The molecule has 0 radical (unpaired) electrons. The zero-order chi connectivity index (χ0) is 42.3. The van der Waals surface area contributed by atoms with Gasteiger partial charge in [0.1, 0.15) is 36.6 Å². The zero-order valence-corrected chi connectivity index (χ0v) is 35.5. The van der Waals surface area contributed by atoms with Crippen LogP contribution in [0.25, 0.3) is 0 Å². The molecule has 0 amide bonds. The van der Waals surface area contributed by atoms with Gasteiger partial charge in [0.2, 0.25) is 0 Å². The first-order valence-corrected chi connectivity index (χ1v) is 21.8. The van der Waals surface area contributed by atoms with E-state index in [1.54, 1.807) is 13.8 Å². The molecule has 3 heterocycles. The molecule has 21 atom stereocenters. The number of hydrogen-bond donors (Lipinski definition) is 8. The minimum absolute atomic E-state index is 0.0829. The standard InChI is InChI=1S/C43H70O15/c1-20(45)54-32-28(48)22(47)18-53-36(32)57-26-10-12-43-19-42(43)14-13-39(6)33(41(8)11-9-27(58-41)38(4,5)52)21(46)16-40(39,7)25(42)15-23(34(43)37(26,2)3)55-35-31(51)30(50)29(49)24(17-44)56-35/h21-36,44,46-52H,9-19H2,1-8H3/t21-,22+,23+,24+,25?,26-,27-,28-,29+,30-,31+,32+,33-,34?,35+,36-,39+,40-,41+,42?,43+/m0/s1. The van der Waals surface area contributed by atoms with Crippen molar-refractivity contribution >= 4 is 5.97 Å². The third-order valence-corrected chi connectivity index (χ3v) is 17.9. The van der Waals surface area contributed by atoms with Crippen molar-refractivity contribution in [1.29, 1.82) is 0 Å². The molecule has 3 aliphatic heterocycles. The van der Waals surface area contributed by atoms with E-state index in [-0.39, 0.29) is 52.1 Å². The normalized spacial score (nSPS) is 56.1. The number of esters is 1. The summed E-state index contributed by atoms with van der Waals surface area (Å²) >= 11 is 0. The van der Waals surface area contributed by atoms with Crippen molar-refractivity contribution in [2.24, 2.45) is 44.8 Å². The number of rotatable bonds is 8. The van der Waals surface area contributed by atoms with Gasteiger partial charge in [-0.05, 0) is 117 Å². The van der Waals surface area contributed by atoms with Gasteiger partial charge in [-0.3, -0.25) is 4.79 Å². The summed E-state index contributed by atoms with van der Waals surface area (Å²) in [6.45, 7) is 15.0. The van der Waals surface area contributed by atoms with Gasteiger partial charge < -0.3 is 69.3 Å². The Bertz CT molecular complexity index is 1570. The lowest BCUT2D eigenvalue weighted by Gasteiger charge is -2.65. The summed E-state index contributed by atoms with van der Waals surface area (Å²) in [6.07, 6.45) is -7.66. The Labute approximate surface area is 341 Å². The summed E-state index contributed by atoms with van der Waals surface area (Å²) in [6, 6.07) is 0. The first kappa shape index (κ1) is 43.6. The van der Waals surface area contributed by atoms with Gasteiger partial charge in [0.25, 0.3) is 0 Å². The number of aliphatic hydroxyl groups is 8. The van der Waals surface area contributed by atoms with E-state index in [1.807, 2.05) is 0 Å². The van der Waals surface area contributed by atoms with Crippen molar-refractivity contribution in [3.05, 3.63) is 0 Å². The van der Waals surface area contributed by atoms with E-state index in [4.69, 9.17) is 28.4 Å². The highest BCUT2D eigenvalue weighted by Gasteiger charge is 2.85. The second kappa shape index (κ2) is 14.2. The highest BCUT2D eigenvalue weighted by Crippen LogP contribution is 2.89. The minimum Gasteiger partial charge on any atom is -0.454 e. The van der Waals surface area contributed by atoms with Crippen LogP contribution in [0.5, 0.6) is 0 Å². The number of aliphatic hydroxyl groups excluding tert-OH is 7. The van der Waals surface area contributed by atoms with Crippen LogP contribution in [0, 0.1) is 44.8 Å². The average Bonchev–Trinajstić information content (AvgIpc) is 3.50. The Morgan fingerprint density at radius 1 is 0.793 bits per heavy atom. The quantitative estimate of drug-likeness (QED) is 0.127. The van der Waals surface area contributed by atoms with Crippen molar-refractivity contribution < 1.29 is 74.1 Å². The number of fused-ring (bicyclic) bond motifs is 2. The SMILES string of the molecule is CC(=O)O[C@H]1[C@H](O[C@H]2CC[C@]34CC35CC[C@]3(C)[C@@H]([C@@]6(C)CC[C@@H](C(C)(C)O)O6)[C@@H](O)C[C@@]3(C)C5C[C@@H](O[C@@H]3O[C@H](CO)[C@@H](O)[C@H](O)[C@H]3O)C4C2(C)C)OC[C@@H](O)[C@@H]1O. The Morgan fingerprint density at radius 2 is 1.50 bits per heavy atom. The van der Waals surface area contributed by atoms with Crippen LogP contribution in [0.3, 0.4) is 0 Å². The van der Waals surface area contributed by atoms with Gasteiger partial charge in [0, 0.05) is 12.8 Å². The van der Waals surface area contributed by atoms with Gasteiger partial charge in [0.15, 0.2) is 18.7 Å². The van der Waals surface area contributed by atoms with Crippen LogP contribution in [0.1, 0.15) is 113 Å². The van der Waals surface area contributed by atoms with E-state index in [1.165, 1.54) is 6.92 Å². The summed E-state index contributed by atoms with van der Waals surface area (Å²) < 4.78 is 37.8. The maximum absolute atomic E-state index is 12.2. The fraction of sp³-hybridized carbons (Fsp3) is 0.977. The summed E-state index contributed by atoms with van der Waals surface area (Å²) in [5.41, 5.74) is -3.32. The van der Waals surface area contributed by atoms with Crippen molar-refractivity contribution in [3.8, 4) is 0 Å². The van der Waals surface area contributed by atoms with Crippen LogP contribution in [-0.2, 0) is 33.2 Å². The van der Waals surface area contributed by atoms with Crippen molar-refractivity contribution in [2.75, 3.05) is 13.2 Å². The van der Waals surface area contributed by atoms with Crippen molar-refractivity contribution in [3.63, 3.8) is 0 Å². The monoisotopic (exact) mass is 826 g/mol. The summed E-state index contributed by atoms with van der Waals surface area (Å²) in [5, 5.41) is 87.3. The van der Waals surface area contributed by atoms with Gasteiger partial charge in [0.05, 0.1) is 48.8 Å². The van der Waals surface area contributed by atoms with Crippen LogP contribution in [0.15, 0.2) is 0 Å². The van der Waals surface area contributed by atoms with Gasteiger partial charge >= 0.3 is 5.97 Å². The molecule has 332 valence electrons. The van der Waals surface area contributed by atoms with Crippen molar-refractivity contribution in [2.45, 2.75) is 204 Å². The average molecular weight is 827 g/mol. The second-order valence-electron chi connectivity index (χ2n) is 21.6. The van der Waals surface area contributed by atoms with Crippen LogP contribution in [-0.4, -0.2) is 151 Å². The molecular formula is C43H70O15. The van der Waals surface area contributed by atoms with Crippen LogP contribution in [0.4, 0.5) is 0 Å². The maximum Gasteiger partial charge on any atom is 0.303 e. The first-order chi connectivity index (χ1) is 26.9. The Kier molecular flexibility index (Phi) is 10.7. The highest BCUT2D eigenvalue weighted by atomic mass is 16.7.